The summed E-state index contributed by atoms with van der Waals surface area (Å²) in [4.78, 5) is 5.35. The Kier molecular flexibility index (Phi) is 3.18. The Morgan fingerprint density at radius 1 is 1.24 bits per heavy atom. The normalized spacial score (nSPS) is 13.9. The third-order valence-corrected chi connectivity index (χ3v) is 3.79. The lowest BCUT2D eigenvalue weighted by molar-refractivity contribution is 0.699. The number of nitrogens with zero attached hydrogens (tertiary/aromatic N) is 1. The van der Waals surface area contributed by atoms with Crippen LogP contribution in [0.3, 0.4) is 0 Å². The number of aromatic nitrogens is 1. The Hall–Kier alpha value is -1.23. The van der Waals surface area contributed by atoms with Gasteiger partial charge in [-0.25, -0.2) is 0 Å². The number of thiazole rings is 1. The molecular weight excluding hydrogens is 230 g/mol. The van der Waals surface area contributed by atoms with Crippen LogP contribution in [0, 0.1) is 0 Å². The van der Waals surface area contributed by atoms with E-state index in [-0.39, 0.29) is 0 Å². The summed E-state index contributed by atoms with van der Waals surface area (Å²) in [7, 11) is 0. The molecular formula is C13H15N3S. The fourth-order valence-electron chi connectivity index (χ4n) is 2.12. The van der Waals surface area contributed by atoms with Gasteiger partial charge in [0.05, 0.1) is 5.51 Å². The third-order valence-electron chi connectivity index (χ3n) is 3.01. The van der Waals surface area contributed by atoms with Gasteiger partial charge in [-0.1, -0.05) is 18.2 Å². The van der Waals surface area contributed by atoms with Crippen LogP contribution in [0.2, 0.25) is 0 Å². The van der Waals surface area contributed by atoms with Crippen molar-refractivity contribution in [3.05, 3.63) is 51.5 Å². The first-order valence-electron chi connectivity index (χ1n) is 5.81. The van der Waals surface area contributed by atoms with Gasteiger partial charge in [-0.05, 0) is 16.7 Å². The van der Waals surface area contributed by atoms with Gasteiger partial charge in [0.25, 0.3) is 0 Å². The molecule has 0 amide bonds. The number of hydrogen-bond donors (Lipinski definition) is 2. The fourth-order valence-corrected chi connectivity index (χ4v) is 2.68. The zero-order chi connectivity index (χ0) is 11.5. The van der Waals surface area contributed by atoms with E-state index < -0.39 is 0 Å². The van der Waals surface area contributed by atoms with Crippen LogP contribution in [-0.4, -0.2) is 4.98 Å². The minimum atomic E-state index is 0.903. The van der Waals surface area contributed by atoms with E-state index in [0.29, 0.717) is 0 Å². The van der Waals surface area contributed by atoms with Crippen LogP contribution in [0.5, 0.6) is 0 Å². The fraction of sp³-hybridized carbons (Fsp3) is 0.308. The number of hydrogen-bond acceptors (Lipinski definition) is 4. The Balaban J connectivity index is 1.58. The van der Waals surface area contributed by atoms with Crippen molar-refractivity contribution in [2.24, 2.45) is 0 Å². The molecule has 0 fully saturated rings. The monoisotopic (exact) mass is 245 g/mol. The quantitative estimate of drug-likeness (QED) is 0.865. The van der Waals surface area contributed by atoms with E-state index in [0.717, 1.165) is 26.2 Å². The molecule has 1 aromatic carbocycles. The van der Waals surface area contributed by atoms with Crippen molar-refractivity contribution >= 4 is 11.3 Å². The van der Waals surface area contributed by atoms with Gasteiger partial charge in [0.2, 0.25) is 0 Å². The topological polar surface area (TPSA) is 37.0 Å². The maximum absolute atomic E-state index is 4.07. The molecule has 3 nitrogen and oxygen atoms in total. The van der Waals surface area contributed by atoms with Crippen molar-refractivity contribution in [3.63, 3.8) is 0 Å². The SMILES string of the molecule is c1ncc(CNCc2ccc3c(c2)CNC3)s1. The molecule has 2 N–H and O–H groups in total. The lowest BCUT2D eigenvalue weighted by Crippen LogP contribution is -2.11. The van der Waals surface area contributed by atoms with E-state index in [2.05, 4.69) is 33.8 Å². The highest BCUT2D eigenvalue weighted by atomic mass is 32.1. The summed E-state index contributed by atoms with van der Waals surface area (Å²) in [5, 5.41) is 6.81. The van der Waals surface area contributed by atoms with E-state index in [1.54, 1.807) is 11.3 Å². The second-order valence-corrected chi connectivity index (χ2v) is 5.25. The molecule has 0 radical (unpaired) electrons. The Bertz CT molecular complexity index is 493. The summed E-state index contributed by atoms with van der Waals surface area (Å²) in [5.74, 6) is 0. The highest BCUT2D eigenvalue weighted by molar-refractivity contribution is 7.09. The molecule has 2 aromatic rings. The van der Waals surface area contributed by atoms with Gasteiger partial charge in [0.1, 0.15) is 0 Å². The zero-order valence-electron chi connectivity index (χ0n) is 9.57. The van der Waals surface area contributed by atoms with Crippen LogP contribution < -0.4 is 10.6 Å². The van der Waals surface area contributed by atoms with Crippen LogP contribution in [0.25, 0.3) is 0 Å². The van der Waals surface area contributed by atoms with E-state index in [1.807, 2.05) is 11.7 Å². The molecule has 0 bridgehead atoms. The molecule has 4 heteroatoms. The number of benzene rings is 1. The van der Waals surface area contributed by atoms with Crippen LogP contribution in [0.1, 0.15) is 21.6 Å². The van der Waals surface area contributed by atoms with Gasteiger partial charge < -0.3 is 10.6 Å². The van der Waals surface area contributed by atoms with Gasteiger partial charge in [0, 0.05) is 37.3 Å². The van der Waals surface area contributed by atoms with Gasteiger partial charge in [-0.2, -0.15) is 0 Å². The van der Waals surface area contributed by atoms with Gasteiger partial charge in [0.15, 0.2) is 0 Å². The summed E-state index contributed by atoms with van der Waals surface area (Å²) < 4.78 is 0. The van der Waals surface area contributed by atoms with Crippen molar-refractivity contribution in [3.8, 4) is 0 Å². The van der Waals surface area contributed by atoms with E-state index in [1.165, 1.54) is 21.6 Å². The lowest BCUT2D eigenvalue weighted by atomic mass is 10.1. The van der Waals surface area contributed by atoms with Gasteiger partial charge >= 0.3 is 0 Å². The number of fused-ring (bicyclic) bond motifs is 1. The van der Waals surface area contributed by atoms with E-state index >= 15 is 0 Å². The van der Waals surface area contributed by atoms with E-state index in [4.69, 9.17) is 0 Å². The standard InChI is InChI=1S/C13H15N3S/c1-2-11-5-15-6-12(11)3-10(1)4-14-7-13-8-16-9-17-13/h1-3,8-9,14-15H,4-7H2. The first-order valence-corrected chi connectivity index (χ1v) is 6.69. The average Bonchev–Trinajstić information content (AvgIpc) is 2.98. The molecule has 1 aliphatic heterocycles. The summed E-state index contributed by atoms with van der Waals surface area (Å²) in [6, 6.07) is 6.75. The van der Waals surface area contributed by atoms with Crippen LogP contribution >= 0.6 is 11.3 Å². The number of nitrogens with one attached hydrogen (secondary N) is 2. The second-order valence-electron chi connectivity index (χ2n) is 4.28. The van der Waals surface area contributed by atoms with Crippen molar-refractivity contribution in [2.75, 3.05) is 0 Å². The van der Waals surface area contributed by atoms with Crippen molar-refractivity contribution in [1.29, 1.82) is 0 Å². The number of rotatable bonds is 4. The Morgan fingerprint density at radius 2 is 2.18 bits per heavy atom. The van der Waals surface area contributed by atoms with Crippen LogP contribution in [0.15, 0.2) is 29.9 Å². The summed E-state index contributed by atoms with van der Waals surface area (Å²) in [5.41, 5.74) is 6.12. The maximum atomic E-state index is 4.07. The molecule has 0 spiro atoms. The predicted octanol–water partition coefficient (Wildman–Crippen LogP) is 2.04. The van der Waals surface area contributed by atoms with Gasteiger partial charge in [-0.3, -0.25) is 4.98 Å². The highest BCUT2D eigenvalue weighted by Gasteiger charge is 2.09. The van der Waals surface area contributed by atoms with Crippen LogP contribution in [0.4, 0.5) is 0 Å². The summed E-state index contributed by atoms with van der Waals surface area (Å²) in [6.07, 6.45) is 1.92. The molecule has 0 unspecified atom stereocenters. The molecule has 88 valence electrons. The van der Waals surface area contributed by atoms with Crippen molar-refractivity contribution in [1.82, 2.24) is 15.6 Å². The molecule has 17 heavy (non-hydrogen) atoms. The van der Waals surface area contributed by atoms with Crippen LogP contribution in [-0.2, 0) is 26.2 Å². The highest BCUT2D eigenvalue weighted by Crippen LogP contribution is 2.17. The maximum Gasteiger partial charge on any atom is 0.0794 e. The molecule has 1 aliphatic rings. The first kappa shape index (κ1) is 10.9. The minimum Gasteiger partial charge on any atom is -0.309 e. The Labute approximate surface area is 105 Å². The van der Waals surface area contributed by atoms with Crippen molar-refractivity contribution in [2.45, 2.75) is 26.2 Å². The predicted molar refractivity (Wildman–Crippen MR) is 69.6 cm³/mol. The zero-order valence-corrected chi connectivity index (χ0v) is 10.4. The Morgan fingerprint density at radius 3 is 3.06 bits per heavy atom. The molecule has 1 aromatic heterocycles. The lowest BCUT2D eigenvalue weighted by Gasteiger charge is -2.05. The summed E-state index contributed by atoms with van der Waals surface area (Å²) in [6.45, 7) is 3.85. The molecule has 0 saturated heterocycles. The third kappa shape index (κ3) is 2.54. The van der Waals surface area contributed by atoms with E-state index in [9.17, 15) is 0 Å². The second kappa shape index (κ2) is 4.96. The smallest absolute Gasteiger partial charge is 0.0794 e. The minimum absolute atomic E-state index is 0.903. The molecule has 0 atom stereocenters. The first-order chi connectivity index (χ1) is 8.42. The largest absolute Gasteiger partial charge is 0.309 e. The average molecular weight is 245 g/mol. The van der Waals surface area contributed by atoms with Gasteiger partial charge in [-0.15, -0.1) is 11.3 Å². The molecule has 3 rings (SSSR count). The summed E-state index contributed by atoms with van der Waals surface area (Å²) >= 11 is 1.69. The molecule has 2 heterocycles. The van der Waals surface area contributed by atoms with Crippen molar-refractivity contribution < 1.29 is 0 Å². The molecule has 0 saturated carbocycles. The molecule has 0 aliphatic carbocycles.